The molecule has 8 heteroatoms. The minimum absolute atomic E-state index is 0.0662. The molecule has 1 aliphatic carbocycles. The molecule has 0 bridgehead atoms. The van der Waals surface area contributed by atoms with Crippen molar-refractivity contribution < 1.29 is 4.52 Å². The second kappa shape index (κ2) is 4.92. The van der Waals surface area contributed by atoms with Gasteiger partial charge < -0.3 is 4.52 Å². The van der Waals surface area contributed by atoms with Crippen molar-refractivity contribution in [2.24, 2.45) is 0 Å². The molecule has 1 aliphatic rings. The van der Waals surface area contributed by atoms with Crippen molar-refractivity contribution in [3.8, 4) is 11.4 Å². The molecule has 3 aromatic heterocycles. The molecule has 102 valence electrons. The summed E-state index contributed by atoms with van der Waals surface area (Å²) in [6.45, 7) is 0. The monoisotopic (exact) mass is 399 g/mol. The number of halogens is 1. The Kier molecular flexibility index (Phi) is 3.06. The molecule has 1 N–H and O–H groups in total. The summed E-state index contributed by atoms with van der Waals surface area (Å²) in [4.78, 5) is 4.54. The van der Waals surface area contributed by atoms with E-state index in [2.05, 4.69) is 54.2 Å². The Labute approximate surface area is 132 Å². The van der Waals surface area contributed by atoms with Crippen LogP contribution in [0.1, 0.15) is 36.0 Å². The zero-order valence-electron chi connectivity index (χ0n) is 10.3. The molecule has 3 aromatic rings. The van der Waals surface area contributed by atoms with Gasteiger partial charge in [-0.2, -0.15) is 20.4 Å². The Bertz CT molecular complexity index is 748. The van der Waals surface area contributed by atoms with Gasteiger partial charge in [0.1, 0.15) is 0 Å². The number of nitrogens with one attached hydrogen (secondary N) is 1. The van der Waals surface area contributed by atoms with Gasteiger partial charge in [0.2, 0.25) is 11.7 Å². The van der Waals surface area contributed by atoms with Crippen LogP contribution in [-0.2, 0) is 6.42 Å². The predicted octanol–water partition coefficient (Wildman–Crippen LogP) is 2.99. The fourth-order valence-electron chi connectivity index (χ4n) is 2.50. The van der Waals surface area contributed by atoms with E-state index in [-0.39, 0.29) is 5.92 Å². The first-order chi connectivity index (χ1) is 9.81. The van der Waals surface area contributed by atoms with Gasteiger partial charge in [-0.25, -0.2) is 0 Å². The lowest BCUT2D eigenvalue weighted by atomic mass is 9.90. The average molecular weight is 399 g/mol. The minimum Gasteiger partial charge on any atom is -0.338 e. The topological polar surface area (TPSA) is 80.5 Å². The highest BCUT2D eigenvalue weighted by atomic mass is 127. The molecule has 0 aliphatic heterocycles. The van der Waals surface area contributed by atoms with Crippen LogP contribution in [0.15, 0.2) is 16.0 Å². The number of aromatic amines is 1. The van der Waals surface area contributed by atoms with Crippen molar-refractivity contribution in [1.82, 2.24) is 25.6 Å². The summed E-state index contributed by atoms with van der Waals surface area (Å²) in [5, 5.41) is 17.2. The number of fused-ring (bicyclic) bond motifs is 1. The molecule has 1 atom stereocenters. The smallest absolute Gasteiger partial charge is 0.236 e. The van der Waals surface area contributed by atoms with E-state index in [1.807, 2.05) is 5.38 Å². The lowest BCUT2D eigenvalue weighted by molar-refractivity contribution is 0.352. The molecular weight excluding hydrogens is 389 g/mol. The number of aryl methyl sites for hydroxylation is 1. The van der Waals surface area contributed by atoms with Crippen LogP contribution in [0.5, 0.6) is 0 Å². The molecule has 3 heterocycles. The van der Waals surface area contributed by atoms with E-state index >= 15 is 0 Å². The maximum absolute atomic E-state index is 5.45. The number of hydrogen-bond acceptors (Lipinski definition) is 6. The van der Waals surface area contributed by atoms with E-state index < -0.39 is 0 Å². The summed E-state index contributed by atoms with van der Waals surface area (Å²) in [6.07, 6.45) is 3.01. The molecule has 0 spiro atoms. The average Bonchev–Trinajstić information content (AvgIpc) is 3.17. The molecule has 6 nitrogen and oxygen atoms in total. The lowest BCUT2D eigenvalue weighted by Crippen LogP contribution is -2.11. The highest BCUT2D eigenvalue weighted by Gasteiger charge is 2.30. The summed E-state index contributed by atoms with van der Waals surface area (Å²) in [5.74, 6) is 1.35. The second-order valence-electron chi connectivity index (χ2n) is 4.70. The summed E-state index contributed by atoms with van der Waals surface area (Å²) in [5.41, 5.74) is 2.98. The van der Waals surface area contributed by atoms with Crippen molar-refractivity contribution in [1.29, 1.82) is 0 Å². The summed E-state index contributed by atoms with van der Waals surface area (Å²) in [7, 11) is 0. The third-order valence-corrected chi connectivity index (χ3v) is 5.24. The van der Waals surface area contributed by atoms with Gasteiger partial charge in [0.15, 0.2) is 0 Å². The molecule has 0 saturated heterocycles. The third kappa shape index (κ3) is 2.06. The highest BCUT2D eigenvalue weighted by molar-refractivity contribution is 14.1. The van der Waals surface area contributed by atoms with Crippen LogP contribution in [0.25, 0.3) is 11.4 Å². The Balaban J connectivity index is 1.70. The number of aromatic nitrogens is 5. The number of H-pyrrole nitrogens is 1. The van der Waals surface area contributed by atoms with E-state index in [0.717, 1.165) is 36.2 Å². The molecule has 0 amide bonds. The van der Waals surface area contributed by atoms with Gasteiger partial charge in [0.25, 0.3) is 0 Å². The lowest BCUT2D eigenvalue weighted by Gasteiger charge is -2.15. The summed E-state index contributed by atoms with van der Waals surface area (Å²) < 4.78 is 6.66. The Hall–Kier alpha value is -1.29. The van der Waals surface area contributed by atoms with Crippen LogP contribution in [-0.4, -0.2) is 25.6 Å². The number of rotatable bonds is 2. The van der Waals surface area contributed by atoms with Crippen molar-refractivity contribution in [3.63, 3.8) is 0 Å². The Morgan fingerprint density at radius 3 is 3.20 bits per heavy atom. The third-order valence-electron chi connectivity index (χ3n) is 3.45. The maximum Gasteiger partial charge on any atom is 0.236 e. The molecule has 4 rings (SSSR count). The minimum atomic E-state index is 0.0662. The van der Waals surface area contributed by atoms with Crippen LogP contribution in [0.3, 0.4) is 0 Å². The first-order valence-corrected chi connectivity index (χ1v) is 8.24. The van der Waals surface area contributed by atoms with Crippen LogP contribution in [0.4, 0.5) is 0 Å². The fourth-order valence-corrected chi connectivity index (χ4v) is 3.82. The van der Waals surface area contributed by atoms with Gasteiger partial charge in [0.05, 0.1) is 20.2 Å². The van der Waals surface area contributed by atoms with Crippen LogP contribution in [0, 0.1) is 2.88 Å². The van der Waals surface area contributed by atoms with E-state index in [1.165, 1.54) is 2.88 Å². The zero-order chi connectivity index (χ0) is 13.5. The first kappa shape index (κ1) is 12.5. The summed E-state index contributed by atoms with van der Waals surface area (Å²) in [6, 6.07) is 2.06. The maximum atomic E-state index is 5.45. The van der Waals surface area contributed by atoms with Gasteiger partial charge in [-0.3, -0.25) is 0 Å². The molecule has 0 saturated carbocycles. The first-order valence-electron chi connectivity index (χ1n) is 6.29. The zero-order valence-corrected chi connectivity index (χ0v) is 13.3. The van der Waals surface area contributed by atoms with Crippen LogP contribution in [0.2, 0.25) is 0 Å². The molecule has 0 radical (unpaired) electrons. The normalized spacial score (nSPS) is 18.1. The second-order valence-corrected chi connectivity index (χ2v) is 7.50. The van der Waals surface area contributed by atoms with Gasteiger partial charge in [0, 0.05) is 10.9 Å². The summed E-state index contributed by atoms with van der Waals surface area (Å²) >= 11 is 3.96. The Morgan fingerprint density at radius 1 is 1.40 bits per heavy atom. The van der Waals surface area contributed by atoms with Crippen molar-refractivity contribution in [2.45, 2.75) is 25.2 Å². The number of thiophene rings is 1. The van der Waals surface area contributed by atoms with Crippen LogP contribution >= 0.6 is 33.9 Å². The standard InChI is InChI=1S/C12H10IN5OS/c13-9-4-6(5-20-9)11-14-12(19-17-11)7-2-1-3-8-10(7)16-18-15-8/h4-5,7H,1-3H2,(H,15,16,18). The van der Waals surface area contributed by atoms with Crippen LogP contribution < -0.4 is 0 Å². The number of hydrogen-bond donors (Lipinski definition) is 1. The Morgan fingerprint density at radius 2 is 2.35 bits per heavy atom. The molecule has 20 heavy (non-hydrogen) atoms. The van der Waals surface area contributed by atoms with Crippen molar-refractivity contribution >= 4 is 33.9 Å². The van der Waals surface area contributed by atoms with E-state index in [0.29, 0.717) is 11.7 Å². The van der Waals surface area contributed by atoms with Crippen molar-refractivity contribution in [3.05, 3.63) is 31.6 Å². The SMILES string of the molecule is Ic1cc(-c2noc(C3CCCc4n[nH]nc43)n2)cs1. The molecular formula is C12H10IN5OS. The van der Waals surface area contributed by atoms with Gasteiger partial charge in [-0.15, -0.1) is 11.3 Å². The van der Waals surface area contributed by atoms with Crippen molar-refractivity contribution in [2.75, 3.05) is 0 Å². The quantitative estimate of drug-likeness (QED) is 0.671. The van der Waals surface area contributed by atoms with Gasteiger partial charge >= 0.3 is 0 Å². The largest absolute Gasteiger partial charge is 0.338 e. The van der Waals surface area contributed by atoms with E-state index in [9.17, 15) is 0 Å². The van der Waals surface area contributed by atoms with E-state index in [4.69, 9.17) is 4.52 Å². The molecule has 1 unspecified atom stereocenters. The molecule has 0 fully saturated rings. The highest BCUT2D eigenvalue weighted by Crippen LogP contribution is 2.34. The van der Waals surface area contributed by atoms with E-state index in [1.54, 1.807) is 11.3 Å². The number of nitrogens with zero attached hydrogens (tertiary/aromatic N) is 4. The fraction of sp³-hybridized carbons (Fsp3) is 0.333. The predicted molar refractivity (Wildman–Crippen MR) is 81.5 cm³/mol. The molecule has 0 aromatic carbocycles. The van der Waals surface area contributed by atoms with Gasteiger partial charge in [-0.05, 0) is 47.9 Å². The van der Waals surface area contributed by atoms with Gasteiger partial charge in [-0.1, -0.05) is 5.16 Å².